The van der Waals surface area contributed by atoms with Crippen molar-refractivity contribution < 1.29 is 9.90 Å². The second-order valence-corrected chi connectivity index (χ2v) is 5.33. The molecule has 0 bridgehead atoms. The second kappa shape index (κ2) is 7.19. The molecule has 1 amide bonds. The maximum absolute atomic E-state index is 11.0. The van der Waals surface area contributed by atoms with E-state index in [0.717, 1.165) is 38.6 Å². The van der Waals surface area contributed by atoms with Crippen LogP contribution in [0.3, 0.4) is 0 Å². The first-order chi connectivity index (χ1) is 9.66. The number of hydrogen-bond acceptors (Lipinski definition) is 5. The zero-order chi connectivity index (χ0) is 14.4. The van der Waals surface area contributed by atoms with Crippen molar-refractivity contribution in [1.82, 2.24) is 9.97 Å². The third-order valence-corrected chi connectivity index (χ3v) is 3.81. The molecule has 6 nitrogen and oxygen atoms in total. The Bertz CT molecular complexity index is 453. The van der Waals surface area contributed by atoms with Crippen molar-refractivity contribution in [1.29, 1.82) is 0 Å². The number of amides is 1. The van der Waals surface area contributed by atoms with Gasteiger partial charge in [-0.3, -0.25) is 9.78 Å². The first-order valence-corrected chi connectivity index (χ1v) is 7.20. The lowest BCUT2D eigenvalue weighted by Gasteiger charge is -2.27. The summed E-state index contributed by atoms with van der Waals surface area (Å²) >= 11 is 0. The van der Waals surface area contributed by atoms with Crippen LogP contribution in [0.2, 0.25) is 0 Å². The third-order valence-electron chi connectivity index (χ3n) is 3.81. The molecule has 0 aromatic carbocycles. The quantitative estimate of drug-likeness (QED) is 0.681. The Hall–Kier alpha value is -1.69. The monoisotopic (exact) mass is 278 g/mol. The van der Waals surface area contributed by atoms with E-state index in [-0.39, 0.29) is 11.8 Å². The lowest BCUT2D eigenvalue weighted by molar-refractivity contribution is 0.0647. The Balaban J connectivity index is 1.73. The highest BCUT2D eigenvalue weighted by Gasteiger charge is 2.22. The van der Waals surface area contributed by atoms with Crippen molar-refractivity contribution >= 4 is 11.7 Å². The van der Waals surface area contributed by atoms with Crippen molar-refractivity contribution in [3.63, 3.8) is 0 Å². The maximum Gasteiger partial charge on any atom is 0.268 e. The number of carbonyl (C=O) groups excluding carboxylic acids is 1. The topological polar surface area (TPSA) is 101 Å². The number of primary amides is 1. The van der Waals surface area contributed by atoms with Crippen molar-refractivity contribution in [2.45, 2.75) is 44.6 Å². The zero-order valence-corrected chi connectivity index (χ0v) is 11.6. The van der Waals surface area contributed by atoms with Gasteiger partial charge in [0, 0.05) is 6.54 Å². The molecule has 0 radical (unpaired) electrons. The average Bonchev–Trinajstić information content (AvgIpc) is 2.45. The number of aromatic nitrogens is 2. The summed E-state index contributed by atoms with van der Waals surface area (Å²) in [6, 6.07) is 0. The summed E-state index contributed by atoms with van der Waals surface area (Å²) in [4.78, 5) is 19.0. The van der Waals surface area contributed by atoms with E-state index in [2.05, 4.69) is 15.3 Å². The smallest absolute Gasteiger partial charge is 0.268 e. The van der Waals surface area contributed by atoms with E-state index in [1.165, 1.54) is 12.6 Å². The number of aliphatic hydroxyl groups excluding tert-OH is 1. The van der Waals surface area contributed by atoms with E-state index < -0.39 is 5.91 Å². The predicted octanol–water partition coefficient (Wildman–Crippen LogP) is 1.32. The van der Waals surface area contributed by atoms with Gasteiger partial charge in [-0.1, -0.05) is 12.8 Å². The third kappa shape index (κ3) is 4.16. The largest absolute Gasteiger partial charge is 0.393 e. The molecule has 1 aromatic heterocycles. The Labute approximate surface area is 118 Å². The maximum atomic E-state index is 11.0. The molecule has 1 aliphatic carbocycles. The van der Waals surface area contributed by atoms with Gasteiger partial charge in [0.25, 0.3) is 5.91 Å². The number of nitrogens with zero attached hydrogens (tertiary/aromatic N) is 2. The van der Waals surface area contributed by atoms with Gasteiger partial charge < -0.3 is 16.2 Å². The van der Waals surface area contributed by atoms with Gasteiger partial charge in [-0.15, -0.1) is 0 Å². The fourth-order valence-corrected chi connectivity index (χ4v) is 2.68. The molecule has 2 unspecified atom stereocenters. The molecule has 0 saturated heterocycles. The molecule has 1 aromatic rings. The van der Waals surface area contributed by atoms with E-state index in [1.54, 1.807) is 6.20 Å². The van der Waals surface area contributed by atoms with Crippen LogP contribution in [-0.2, 0) is 0 Å². The van der Waals surface area contributed by atoms with Gasteiger partial charge >= 0.3 is 0 Å². The summed E-state index contributed by atoms with van der Waals surface area (Å²) in [6.45, 7) is 0.750. The van der Waals surface area contributed by atoms with Gasteiger partial charge in [-0.25, -0.2) is 4.98 Å². The zero-order valence-electron chi connectivity index (χ0n) is 11.6. The van der Waals surface area contributed by atoms with Crippen molar-refractivity contribution in [3.05, 3.63) is 18.1 Å². The molecule has 1 aliphatic rings. The molecular weight excluding hydrogens is 256 g/mol. The first-order valence-electron chi connectivity index (χ1n) is 7.20. The van der Waals surface area contributed by atoms with Gasteiger partial charge in [0.2, 0.25) is 0 Å². The molecule has 1 fully saturated rings. The number of nitrogens with one attached hydrogen (secondary N) is 1. The number of anilines is 1. The minimum absolute atomic E-state index is 0.137. The number of carbonyl (C=O) groups is 1. The molecular formula is C14H22N4O2. The predicted molar refractivity (Wildman–Crippen MR) is 76.2 cm³/mol. The van der Waals surface area contributed by atoms with Crippen LogP contribution in [0.5, 0.6) is 0 Å². The molecule has 2 rings (SSSR count). The van der Waals surface area contributed by atoms with Gasteiger partial charge in [-0.2, -0.15) is 0 Å². The highest BCUT2D eigenvalue weighted by Crippen LogP contribution is 2.27. The van der Waals surface area contributed by atoms with Gasteiger partial charge in [0.1, 0.15) is 11.5 Å². The van der Waals surface area contributed by atoms with E-state index in [4.69, 9.17) is 5.73 Å². The Morgan fingerprint density at radius 2 is 2.20 bits per heavy atom. The normalized spacial score (nSPS) is 22.4. The SMILES string of the molecule is NC(=O)c1cncc(NCCCC2CCCCC2O)n1. The van der Waals surface area contributed by atoms with Crippen LogP contribution in [0.1, 0.15) is 49.0 Å². The molecule has 1 saturated carbocycles. The number of hydrogen-bond donors (Lipinski definition) is 3. The van der Waals surface area contributed by atoms with E-state index >= 15 is 0 Å². The van der Waals surface area contributed by atoms with Crippen molar-refractivity contribution in [2.75, 3.05) is 11.9 Å². The summed E-state index contributed by atoms with van der Waals surface area (Å²) in [5, 5.41) is 13.0. The summed E-state index contributed by atoms with van der Waals surface area (Å²) < 4.78 is 0. The van der Waals surface area contributed by atoms with Crippen molar-refractivity contribution in [3.8, 4) is 0 Å². The van der Waals surface area contributed by atoms with Crippen LogP contribution in [0.25, 0.3) is 0 Å². The molecule has 110 valence electrons. The molecule has 2 atom stereocenters. The molecule has 0 aliphatic heterocycles. The number of rotatable bonds is 6. The van der Waals surface area contributed by atoms with Gasteiger partial charge in [0.05, 0.1) is 18.5 Å². The van der Waals surface area contributed by atoms with Crippen LogP contribution in [0.4, 0.5) is 5.82 Å². The van der Waals surface area contributed by atoms with Crippen molar-refractivity contribution in [2.24, 2.45) is 11.7 Å². The Kier molecular flexibility index (Phi) is 5.29. The van der Waals surface area contributed by atoms with E-state index in [9.17, 15) is 9.90 Å². The lowest BCUT2D eigenvalue weighted by atomic mass is 9.83. The summed E-state index contributed by atoms with van der Waals surface area (Å²) in [6.07, 6.45) is 9.19. The Morgan fingerprint density at radius 3 is 2.95 bits per heavy atom. The molecule has 0 spiro atoms. The van der Waals surface area contributed by atoms with Crippen LogP contribution >= 0.6 is 0 Å². The van der Waals surface area contributed by atoms with E-state index in [1.807, 2.05) is 0 Å². The summed E-state index contributed by atoms with van der Waals surface area (Å²) in [5.41, 5.74) is 5.32. The number of nitrogens with two attached hydrogens (primary N) is 1. The average molecular weight is 278 g/mol. The molecule has 20 heavy (non-hydrogen) atoms. The van der Waals surface area contributed by atoms with E-state index in [0.29, 0.717) is 11.7 Å². The van der Waals surface area contributed by atoms with Crippen LogP contribution in [-0.4, -0.2) is 33.6 Å². The lowest BCUT2D eigenvalue weighted by Crippen LogP contribution is -2.24. The summed E-state index contributed by atoms with van der Waals surface area (Å²) in [7, 11) is 0. The number of aliphatic hydroxyl groups is 1. The fraction of sp³-hybridized carbons (Fsp3) is 0.643. The standard InChI is InChI=1S/C14H22N4O2/c15-14(20)11-8-16-9-13(18-11)17-7-3-5-10-4-1-2-6-12(10)19/h8-10,12,19H,1-7H2,(H2,15,20)(H,17,18). The highest BCUT2D eigenvalue weighted by atomic mass is 16.3. The van der Waals surface area contributed by atoms with Gasteiger partial charge in [0.15, 0.2) is 0 Å². The highest BCUT2D eigenvalue weighted by molar-refractivity contribution is 5.90. The molecule has 4 N–H and O–H groups in total. The minimum Gasteiger partial charge on any atom is -0.393 e. The minimum atomic E-state index is -0.577. The Morgan fingerprint density at radius 1 is 1.40 bits per heavy atom. The molecule has 6 heteroatoms. The van der Waals surface area contributed by atoms with Crippen LogP contribution in [0.15, 0.2) is 12.4 Å². The summed E-state index contributed by atoms with van der Waals surface area (Å²) in [5.74, 6) is 0.408. The fourth-order valence-electron chi connectivity index (χ4n) is 2.68. The first kappa shape index (κ1) is 14.7. The van der Waals surface area contributed by atoms with Crippen LogP contribution < -0.4 is 11.1 Å². The molecule has 1 heterocycles. The second-order valence-electron chi connectivity index (χ2n) is 5.33. The van der Waals surface area contributed by atoms with Gasteiger partial charge in [-0.05, 0) is 31.6 Å². The van der Waals surface area contributed by atoms with Crippen LogP contribution in [0, 0.1) is 5.92 Å².